The van der Waals surface area contributed by atoms with E-state index in [2.05, 4.69) is 17.1 Å². The van der Waals surface area contributed by atoms with Gasteiger partial charge in [-0.15, -0.1) is 0 Å². The Bertz CT molecular complexity index is 202. The number of carbonyl (C=O) groups excluding carboxylic acids is 1. The highest BCUT2D eigenvalue weighted by Crippen LogP contribution is 2.44. The summed E-state index contributed by atoms with van der Waals surface area (Å²) in [6, 6.07) is 0. The third kappa shape index (κ3) is 2.69. The summed E-state index contributed by atoms with van der Waals surface area (Å²) in [5.41, 5.74) is 5.35. The molecule has 0 atom stereocenters. The van der Waals surface area contributed by atoms with E-state index >= 15 is 0 Å². The largest absolute Gasteiger partial charge is 0.354 e. The lowest BCUT2D eigenvalue weighted by atomic mass is 10.1. The lowest BCUT2D eigenvalue weighted by molar-refractivity contribution is -0.126. The normalized spacial score (nSPS) is 18.3. The van der Waals surface area contributed by atoms with E-state index < -0.39 is 0 Å². The highest BCUT2D eigenvalue weighted by Gasteiger charge is 2.48. The van der Waals surface area contributed by atoms with E-state index in [4.69, 9.17) is 5.73 Å². The van der Waals surface area contributed by atoms with Gasteiger partial charge in [0.05, 0.1) is 5.41 Å². The molecule has 1 aliphatic rings. The summed E-state index contributed by atoms with van der Waals surface area (Å²) in [6.45, 7) is 5.23. The van der Waals surface area contributed by atoms with Gasteiger partial charge in [0.15, 0.2) is 0 Å². The molecule has 4 heteroatoms. The summed E-state index contributed by atoms with van der Waals surface area (Å²) in [6.07, 6.45) is 1.91. The molecule has 4 nitrogen and oxygen atoms in total. The predicted molar refractivity (Wildman–Crippen MR) is 56.9 cm³/mol. The Morgan fingerprint density at radius 3 is 2.64 bits per heavy atom. The third-order valence-corrected chi connectivity index (χ3v) is 3.04. The predicted octanol–water partition coefficient (Wildman–Crippen LogP) is -0.207. The van der Waals surface area contributed by atoms with Crippen molar-refractivity contribution in [2.45, 2.75) is 19.8 Å². The number of nitrogens with two attached hydrogens (primary N) is 1. The summed E-state index contributed by atoms with van der Waals surface area (Å²) in [4.78, 5) is 13.8. The minimum absolute atomic E-state index is 0.143. The van der Waals surface area contributed by atoms with Crippen molar-refractivity contribution in [1.29, 1.82) is 0 Å². The van der Waals surface area contributed by atoms with Crippen LogP contribution in [-0.2, 0) is 4.79 Å². The molecule has 1 fully saturated rings. The number of hydrogen-bond donors (Lipinski definition) is 2. The van der Waals surface area contributed by atoms with Crippen LogP contribution < -0.4 is 11.1 Å². The summed E-state index contributed by atoms with van der Waals surface area (Å²) in [5, 5.41) is 2.94. The number of nitrogens with zero attached hydrogens (tertiary/aromatic N) is 1. The molecule has 0 saturated heterocycles. The van der Waals surface area contributed by atoms with Crippen molar-refractivity contribution in [2.24, 2.45) is 11.1 Å². The molecule has 0 unspecified atom stereocenters. The zero-order valence-electron chi connectivity index (χ0n) is 9.18. The molecular weight excluding hydrogens is 178 g/mol. The zero-order valence-corrected chi connectivity index (χ0v) is 9.18. The number of hydrogen-bond acceptors (Lipinski definition) is 3. The van der Waals surface area contributed by atoms with Crippen molar-refractivity contribution >= 4 is 5.91 Å². The lowest BCUT2D eigenvalue weighted by Crippen LogP contribution is -2.40. The van der Waals surface area contributed by atoms with E-state index in [1.165, 1.54) is 0 Å². The van der Waals surface area contributed by atoms with Crippen LogP contribution in [0.2, 0.25) is 0 Å². The Morgan fingerprint density at radius 1 is 1.57 bits per heavy atom. The van der Waals surface area contributed by atoms with Crippen LogP contribution >= 0.6 is 0 Å². The molecule has 1 saturated carbocycles. The Balaban J connectivity index is 2.16. The monoisotopic (exact) mass is 199 g/mol. The molecule has 1 amide bonds. The molecule has 0 heterocycles. The molecule has 3 N–H and O–H groups in total. The van der Waals surface area contributed by atoms with Crippen LogP contribution in [0.15, 0.2) is 0 Å². The average Bonchev–Trinajstić information content (AvgIpc) is 2.98. The van der Waals surface area contributed by atoms with Crippen LogP contribution in [0.3, 0.4) is 0 Å². The van der Waals surface area contributed by atoms with Gasteiger partial charge in [-0.25, -0.2) is 0 Å². The van der Waals surface area contributed by atoms with Gasteiger partial charge in [0.2, 0.25) is 5.91 Å². The van der Waals surface area contributed by atoms with Crippen molar-refractivity contribution < 1.29 is 4.79 Å². The van der Waals surface area contributed by atoms with Crippen LogP contribution in [0, 0.1) is 5.41 Å². The molecule has 0 aliphatic heterocycles. The fraction of sp³-hybridized carbons (Fsp3) is 0.900. The average molecular weight is 199 g/mol. The van der Waals surface area contributed by atoms with Crippen molar-refractivity contribution in [2.75, 3.05) is 33.2 Å². The highest BCUT2D eigenvalue weighted by molar-refractivity contribution is 5.85. The number of nitrogens with one attached hydrogen (secondary N) is 1. The van der Waals surface area contributed by atoms with Gasteiger partial charge in [-0.1, -0.05) is 6.92 Å². The summed E-state index contributed by atoms with van der Waals surface area (Å²) in [7, 11) is 2.04. The number of amides is 1. The molecule has 1 rings (SSSR count). The fourth-order valence-electron chi connectivity index (χ4n) is 1.38. The first kappa shape index (κ1) is 11.5. The van der Waals surface area contributed by atoms with Crippen LogP contribution in [-0.4, -0.2) is 44.0 Å². The molecule has 0 aromatic carbocycles. The van der Waals surface area contributed by atoms with Gasteiger partial charge >= 0.3 is 0 Å². The van der Waals surface area contributed by atoms with Crippen molar-refractivity contribution in [3.8, 4) is 0 Å². The second-order valence-corrected chi connectivity index (χ2v) is 4.14. The van der Waals surface area contributed by atoms with Crippen LogP contribution in [0.1, 0.15) is 19.8 Å². The first-order valence-electron chi connectivity index (χ1n) is 5.31. The molecule has 1 aliphatic carbocycles. The van der Waals surface area contributed by atoms with Gasteiger partial charge < -0.3 is 16.0 Å². The molecule has 0 bridgehead atoms. The lowest BCUT2D eigenvalue weighted by Gasteiger charge is -2.16. The SMILES string of the molecule is CCN(C)CCNC(=O)C1(CN)CC1. The van der Waals surface area contributed by atoms with E-state index in [0.29, 0.717) is 6.54 Å². The van der Waals surface area contributed by atoms with Gasteiger partial charge in [-0.05, 0) is 26.4 Å². The Hall–Kier alpha value is -0.610. The first-order chi connectivity index (χ1) is 6.64. The Labute approximate surface area is 85.8 Å². The first-order valence-corrected chi connectivity index (χ1v) is 5.31. The molecule has 0 aromatic rings. The number of carbonyl (C=O) groups is 1. The van der Waals surface area contributed by atoms with Gasteiger partial charge in [-0.3, -0.25) is 4.79 Å². The Kier molecular flexibility index (Phi) is 3.89. The van der Waals surface area contributed by atoms with Gasteiger partial charge in [0.1, 0.15) is 0 Å². The molecule has 0 radical (unpaired) electrons. The van der Waals surface area contributed by atoms with Gasteiger partial charge in [-0.2, -0.15) is 0 Å². The van der Waals surface area contributed by atoms with E-state index in [1.807, 2.05) is 7.05 Å². The minimum Gasteiger partial charge on any atom is -0.354 e. The maximum Gasteiger partial charge on any atom is 0.227 e. The van der Waals surface area contributed by atoms with Crippen molar-refractivity contribution in [3.05, 3.63) is 0 Å². The maximum absolute atomic E-state index is 11.6. The van der Waals surface area contributed by atoms with E-state index in [1.54, 1.807) is 0 Å². The molecule has 14 heavy (non-hydrogen) atoms. The van der Waals surface area contributed by atoms with E-state index in [-0.39, 0.29) is 11.3 Å². The second-order valence-electron chi connectivity index (χ2n) is 4.14. The van der Waals surface area contributed by atoms with E-state index in [9.17, 15) is 4.79 Å². The smallest absolute Gasteiger partial charge is 0.227 e. The molecule has 0 aromatic heterocycles. The standard InChI is InChI=1S/C10H21N3O/c1-3-13(2)7-6-12-9(14)10(8-11)4-5-10/h3-8,11H2,1-2H3,(H,12,14). The number of rotatable bonds is 6. The minimum atomic E-state index is -0.204. The van der Waals surface area contributed by atoms with Crippen molar-refractivity contribution in [3.63, 3.8) is 0 Å². The Morgan fingerprint density at radius 2 is 2.21 bits per heavy atom. The van der Waals surface area contributed by atoms with Crippen LogP contribution in [0.25, 0.3) is 0 Å². The van der Waals surface area contributed by atoms with Crippen molar-refractivity contribution in [1.82, 2.24) is 10.2 Å². The van der Waals surface area contributed by atoms with Crippen LogP contribution in [0.5, 0.6) is 0 Å². The molecular formula is C10H21N3O. The zero-order chi connectivity index (χ0) is 10.6. The quantitative estimate of drug-likeness (QED) is 0.622. The topological polar surface area (TPSA) is 58.4 Å². The maximum atomic E-state index is 11.6. The third-order valence-electron chi connectivity index (χ3n) is 3.04. The second kappa shape index (κ2) is 4.75. The summed E-state index contributed by atoms with van der Waals surface area (Å²) >= 11 is 0. The molecule has 0 spiro atoms. The molecule has 82 valence electrons. The highest BCUT2D eigenvalue weighted by atomic mass is 16.2. The summed E-state index contributed by atoms with van der Waals surface area (Å²) in [5.74, 6) is 0.143. The summed E-state index contributed by atoms with van der Waals surface area (Å²) < 4.78 is 0. The fourth-order valence-corrected chi connectivity index (χ4v) is 1.38. The van der Waals surface area contributed by atoms with Crippen LogP contribution in [0.4, 0.5) is 0 Å². The van der Waals surface area contributed by atoms with Gasteiger partial charge in [0, 0.05) is 19.6 Å². The van der Waals surface area contributed by atoms with E-state index in [0.717, 1.165) is 32.5 Å². The number of likely N-dealkylation sites (N-methyl/N-ethyl adjacent to an activating group) is 1. The van der Waals surface area contributed by atoms with Gasteiger partial charge in [0.25, 0.3) is 0 Å².